The molecule has 0 fully saturated rings. The number of ketones is 1. The molecule has 158 valence electrons. The van der Waals surface area contributed by atoms with Gasteiger partial charge in [0.2, 0.25) is 0 Å². The molecule has 0 radical (unpaired) electrons. The summed E-state index contributed by atoms with van der Waals surface area (Å²) in [5.74, 6) is 1.93. The Morgan fingerprint density at radius 3 is 1.82 bits per heavy atom. The summed E-state index contributed by atoms with van der Waals surface area (Å²) in [6.45, 7) is 22.6. The summed E-state index contributed by atoms with van der Waals surface area (Å²) in [7, 11) is -4.09. The number of carbonyl (C=O) groups is 1. The van der Waals surface area contributed by atoms with Crippen LogP contribution in [0.1, 0.15) is 76.7 Å². The molecule has 1 aliphatic rings. The molecule has 0 aromatic heterocycles. The number of hydrogen-bond donors (Lipinski definition) is 0. The minimum atomic E-state index is -2.07. The van der Waals surface area contributed by atoms with E-state index in [1.165, 1.54) is 0 Å². The van der Waals surface area contributed by atoms with E-state index in [1.54, 1.807) is 0 Å². The molecular formula is C23H40O3Si2. The van der Waals surface area contributed by atoms with Gasteiger partial charge in [-0.1, -0.05) is 41.5 Å². The zero-order valence-electron chi connectivity index (χ0n) is 19.7. The van der Waals surface area contributed by atoms with Crippen LogP contribution in [0.2, 0.25) is 36.3 Å². The Bertz CT molecular complexity index is 737. The number of carbonyl (C=O) groups excluding carboxylic acids is 1. The zero-order valence-corrected chi connectivity index (χ0v) is 21.7. The molecule has 0 atom stereocenters. The number of hydrogen-bond acceptors (Lipinski definition) is 3. The third-order valence-electron chi connectivity index (χ3n) is 6.94. The van der Waals surface area contributed by atoms with E-state index in [4.69, 9.17) is 8.85 Å². The lowest BCUT2D eigenvalue weighted by Gasteiger charge is -2.40. The predicted octanol–water partition coefficient (Wildman–Crippen LogP) is 7.36. The van der Waals surface area contributed by atoms with Gasteiger partial charge in [-0.2, -0.15) is 0 Å². The van der Waals surface area contributed by atoms with Gasteiger partial charge in [0, 0.05) is 17.5 Å². The second kappa shape index (κ2) is 7.64. The monoisotopic (exact) mass is 420 g/mol. The van der Waals surface area contributed by atoms with Gasteiger partial charge in [-0.3, -0.25) is 4.79 Å². The first-order valence-electron chi connectivity index (χ1n) is 10.6. The highest BCUT2D eigenvalue weighted by Gasteiger charge is 2.43. The molecule has 0 unspecified atom stereocenters. The van der Waals surface area contributed by atoms with Crippen LogP contribution in [0.15, 0.2) is 12.1 Å². The van der Waals surface area contributed by atoms with Crippen LogP contribution in [-0.2, 0) is 6.42 Å². The highest BCUT2D eigenvalue weighted by molar-refractivity contribution is 6.75. The molecule has 1 aromatic rings. The van der Waals surface area contributed by atoms with Crippen molar-refractivity contribution < 1.29 is 13.6 Å². The molecule has 0 amide bonds. The third kappa shape index (κ3) is 4.73. The van der Waals surface area contributed by atoms with E-state index in [1.807, 2.05) is 12.1 Å². The fourth-order valence-electron chi connectivity index (χ4n) is 2.87. The number of fused-ring (bicyclic) bond motifs is 1. The normalized spacial score (nSPS) is 16.4. The van der Waals surface area contributed by atoms with Gasteiger partial charge in [0.15, 0.2) is 5.78 Å². The molecule has 1 aliphatic carbocycles. The van der Waals surface area contributed by atoms with Gasteiger partial charge >= 0.3 is 0 Å². The molecule has 3 nitrogen and oxygen atoms in total. The highest BCUT2D eigenvalue weighted by Crippen LogP contribution is 2.46. The summed E-state index contributed by atoms with van der Waals surface area (Å²) in [6, 6.07) is 3.97. The van der Waals surface area contributed by atoms with Gasteiger partial charge in [-0.15, -0.1) is 0 Å². The summed E-state index contributed by atoms with van der Waals surface area (Å²) in [5, 5.41) is 0.183. The van der Waals surface area contributed by atoms with E-state index < -0.39 is 16.6 Å². The summed E-state index contributed by atoms with van der Waals surface area (Å²) in [6.07, 6.45) is 3.50. The van der Waals surface area contributed by atoms with E-state index in [0.29, 0.717) is 6.42 Å². The van der Waals surface area contributed by atoms with Crippen molar-refractivity contribution in [2.75, 3.05) is 0 Å². The molecule has 0 bridgehead atoms. The maximum Gasteiger partial charge on any atom is 0.250 e. The van der Waals surface area contributed by atoms with Crippen molar-refractivity contribution in [2.45, 2.75) is 103 Å². The van der Waals surface area contributed by atoms with E-state index in [9.17, 15) is 4.79 Å². The van der Waals surface area contributed by atoms with Gasteiger partial charge in [-0.25, -0.2) is 0 Å². The van der Waals surface area contributed by atoms with Gasteiger partial charge in [0.25, 0.3) is 16.6 Å². The largest absolute Gasteiger partial charge is 0.541 e. The first-order chi connectivity index (χ1) is 12.6. The molecule has 0 N–H and O–H groups in total. The molecule has 28 heavy (non-hydrogen) atoms. The highest BCUT2D eigenvalue weighted by atomic mass is 28.4. The zero-order chi connectivity index (χ0) is 21.5. The smallest absolute Gasteiger partial charge is 0.250 e. The fourth-order valence-corrected chi connectivity index (χ4v) is 4.92. The minimum absolute atomic E-state index is 0.0821. The summed E-state index contributed by atoms with van der Waals surface area (Å²) in [5.41, 5.74) is 1.91. The lowest BCUT2D eigenvalue weighted by Crippen LogP contribution is -2.46. The van der Waals surface area contributed by atoms with Crippen LogP contribution < -0.4 is 8.85 Å². The number of benzene rings is 1. The first-order valence-corrected chi connectivity index (χ1v) is 16.5. The van der Waals surface area contributed by atoms with Crippen molar-refractivity contribution in [3.05, 3.63) is 23.3 Å². The molecule has 0 heterocycles. The summed E-state index contributed by atoms with van der Waals surface area (Å²) >= 11 is 0. The maximum atomic E-state index is 12.7. The molecule has 1 aromatic carbocycles. The molecule has 0 spiro atoms. The second-order valence-electron chi connectivity index (χ2n) is 11.3. The minimum Gasteiger partial charge on any atom is -0.541 e. The SMILES string of the molecule is CC(C)(C)[Si](C)(C)Oc1ccc2c(c1O[Si](C)(C)C(C)(C)C)CCCCC2=O. The van der Waals surface area contributed by atoms with Crippen molar-refractivity contribution in [1.82, 2.24) is 0 Å². The Morgan fingerprint density at radius 1 is 0.786 bits per heavy atom. The van der Waals surface area contributed by atoms with Crippen molar-refractivity contribution in [3.8, 4) is 11.5 Å². The Hall–Kier alpha value is -1.08. The summed E-state index contributed by atoms with van der Waals surface area (Å²) in [4.78, 5) is 12.7. The van der Waals surface area contributed by atoms with E-state index >= 15 is 0 Å². The van der Waals surface area contributed by atoms with Gasteiger partial charge < -0.3 is 8.85 Å². The van der Waals surface area contributed by atoms with Crippen LogP contribution in [0, 0.1) is 0 Å². The molecule has 2 rings (SSSR count). The van der Waals surface area contributed by atoms with Crippen LogP contribution in [0.4, 0.5) is 0 Å². The lowest BCUT2D eigenvalue weighted by atomic mass is 10.0. The number of rotatable bonds is 4. The standard InChI is InChI=1S/C23H40O3Si2/c1-22(2,3)27(7,8)25-20-16-15-17-18(13-11-12-14-19(17)24)21(20)26-28(9,10)23(4,5)6/h15-16H,11-14H2,1-10H3. The van der Waals surface area contributed by atoms with Crippen LogP contribution in [-0.4, -0.2) is 22.4 Å². The maximum absolute atomic E-state index is 12.7. The van der Waals surface area contributed by atoms with Gasteiger partial charge in [0.1, 0.15) is 11.5 Å². The quantitative estimate of drug-likeness (QED) is 0.377. The number of Topliss-reactive ketones (excluding diaryl/α,β-unsaturated/α-hetero) is 1. The van der Waals surface area contributed by atoms with Crippen molar-refractivity contribution >= 4 is 22.4 Å². The Balaban J connectivity index is 2.63. The van der Waals surface area contributed by atoms with Crippen molar-refractivity contribution in [1.29, 1.82) is 0 Å². The molecule has 0 saturated heterocycles. The predicted molar refractivity (Wildman–Crippen MR) is 124 cm³/mol. The average Bonchev–Trinajstić information content (AvgIpc) is 2.69. The fraction of sp³-hybridized carbons (Fsp3) is 0.696. The Labute approximate surface area is 174 Å². The van der Waals surface area contributed by atoms with Crippen molar-refractivity contribution in [3.63, 3.8) is 0 Å². The average molecular weight is 421 g/mol. The van der Waals surface area contributed by atoms with Crippen LogP contribution in [0.3, 0.4) is 0 Å². The second-order valence-corrected chi connectivity index (χ2v) is 20.7. The first kappa shape index (κ1) is 23.2. The topological polar surface area (TPSA) is 35.5 Å². The molecule has 5 heteroatoms. The molecule has 0 aliphatic heterocycles. The summed E-state index contributed by atoms with van der Waals surface area (Å²) < 4.78 is 13.6. The van der Waals surface area contributed by atoms with E-state index in [0.717, 1.165) is 41.9 Å². The van der Waals surface area contributed by atoms with Crippen LogP contribution in [0.5, 0.6) is 11.5 Å². The lowest BCUT2D eigenvalue weighted by molar-refractivity contribution is 0.0981. The van der Waals surface area contributed by atoms with Gasteiger partial charge in [0.05, 0.1) is 0 Å². The Morgan fingerprint density at radius 2 is 1.29 bits per heavy atom. The Kier molecular flexibility index (Phi) is 6.33. The van der Waals surface area contributed by atoms with E-state index in [2.05, 4.69) is 67.7 Å². The van der Waals surface area contributed by atoms with Crippen LogP contribution in [0.25, 0.3) is 0 Å². The van der Waals surface area contributed by atoms with Crippen molar-refractivity contribution in [2.24, 2.45) is 0 Å². The molecular weight excluding hydrogens is 380 g/mol. The molecule has 0 saturated carbocycles. The van der Waals surface area contributed by atoms with Gasteiger partial charge in [-0.05, 0) is 67.7 Å². The van der Waals surface area contributed by atoms with Crippen LogP contribution >= 0.6 is 0 Å². The third-order valence-corrected chi connectivity index (χ3v) is 15.6. The van der Waals surface area contributed by atoms with E-state index in [-0.39, 0.29) is 15.9 Å².